The second kappa shape index (κ2) is 5.79. The zero-order chi connectivity index (χ0) is 11.5. The maximum atomic E-state index is 9.36. The Labute approximate surface area is 98.0 Å². The Morgan fingerprint density at radius 1 is 1.07 bits per heavy atom. The van der Waals surface area contributed by atoms with Crippen molar-refractivity contribution >= 4 is 43.1 Å². The van der Waals surface area contributed by atoms with Crippen molar-refractivity contribution in [1.82, 2.24) is 0 Å². The van der Waals surface area contributed by atoms with Crippen molar-refractivity contribution in [3.63, 3.8) is 0 Å². The molecular weight excluding hydrogens is 462 g/mol. The van der Waals surface area contributed by atoms with Gasteiger partial charge in [0.05, 0.1) is 0 Å². The van der Waals surface area contributed by atoms with E-state index < -0.39 is 27.2 Å². The van der Waals surface area contributed by atoms with Gasteiger partial charge in [-0.1, -0.05) is 0 Å². The summed E-state index contributed by atoms with van der Waals surface area (Å²) >= 11 is -8.16. The first-order valence-corrected chi connectivity index (χ1v) is 7.13. The first-order valence-electron chi connectivity index (χ1n) is 2.12. The third-order valence-electron chi connectivity index (χ3n) is 0.344. The van der Waals surface area contributed by atoms with Gasteiger partial charge in [-0.15, -0.1) is 0 Å². The second-order valence-electron chi connectivity index (χ2n) is 1.45. The van der Waals surface area contributed by atoms with Gasteiger partial charge >= 0.3 is 83.4 Å². The normalized spacial score (nSPS) is 13.7. The maximum Gasteiger partial charge on any atom is 2.00 e. The molecule has 0 aliphatic carbocycles. The summed E-state index contributed by atoms with van der Waals surface area (Å²) in [6, 6.07) is 0. The van der Waals surface area contributed by atoms with E-state index in [1.807, 2.05) is 0 Å². The molecule has 0 aromatic carbocycles. The molecule has 0 aliphatic heterocycles. The summed E-state index contributed by atoms with van der Waals surface area (Å²) in [6.45, 7) is 0. The van der Waals surface area contributed by atoms with E-state index in [0.717, 1.165) is 0 Å². The Hall–Kier alpha value is 0.829. The van der Waals surface area contributed by atoms with Crippen LogP contribution in [0, 0.1) is 0 Å². The summed E-state index contributed by atoms with van der Waals surface area (Å²) in [6.07, 6.45) is 0. The third kappa shape index (κ3) is 10.9. The Kier molecular flexibility index (Phi) is 8.38. The molecule has 14 heavy (non-hydrogen) atoms. The Balaban J connectivity index is -0.000000209. The van der Waals surface area contributed by atoms with E-state index in [1.165, 1.54) is 0 Å². The summed E-state index contributed by atoms with van der Waals surface area (Å²) in [7, 11) is -8.16. The van der Waals surface area contributed by atoms with Crippen LogP contribution in [-0.4, -0.2) is 62.7 Å². The van der Waals surface area contributed by atoms with Gasteiger partial charge in [0.2, 0.25) is 0 Å². The van der Waals surface area contributed by atoms with Crippen LogP contribution in [0.5, 0.6) is 0 Å². The van der Waals surface area contributed by atoms with Gasteiger partial charge in [-0.3, -0.25) is 0 Å². The smallest absolute Gasteiger partial charge is 0.402 e. The number of hydrogen-bond donors (Lipinski definition) is 4. The predicted molar refractivity (Wildman–Crippen MR) is 31.1 cm³/mol. The van der Waals surface area contributed by atoms with Crippen molar-refractivity contribution in [2.24, 2.45) is 0 Å². The SMILES string of the molecule is O=[S](=O)(O)[Cr](=[O])(=[O])([O-])[O-].OB(O)O.[Pb+2]. The molecule has 83 valence electrons. The first kappa shape index (κ1) is 20.3. The molecule has 0 rings (SSSR count). The minimum Gasteiger partial charge on any atom is -0.402 e. The predicted octanol–water partition coefficient (Wildman–Crippen LogP) is -5.71. The zero-order valence-electron chi connectivity index (χ0n) is 6.13. The molecule has 0 fully saturated rings. The van der Waals surface area contributed by atoms with Gasteiger partial charge in [-0.25, -0.2) is 0 Å². The van der Waals surface area contributed by atoms with Crippen LogP contribution >= 0.6 is 0 Å². The van der Waals surface area contributed by atoms with Gasteiger partial charge in [-0.2, -0.15) is 0 Å². The van der Waals surface area contributed by atoms with Gasteiger partial charge in [-0.05, 0) is 0 Å². The van der Waals surface area contributed by atoms with E-state index in [9.17, 15) is 24.3 Å². The molecule has 2 radical (unpaired) electrons. The molecule has 0 atom stereocenters. The minimum absolute atomic E-state index is 0. The fourth-order valence-corrected chi connectivity index (χ4v) is 0. The Bertz CT molecular complexity index is 358. The minimum atomic E-state index is -8.16. The molecule has 0 amide bonds. The van der Waals surface area contributed by atoms with E-state index >= 15 is 0 Å². The van der Waals surface area contributed by atoms with Crippen molar-refractivity contribution in [2.75, 3.05) is 0 Å². The molecule has 10 nitrogen and oxygen atoms in total. The summed E-state index contributed by atoms with van der Waals surface area (Å²) in [4.78, 5) is 0. The Morgan fingerprint density at radius 2 is 1.14 bits per heavy atom. The molecule has 0 unspecified atom stereocenters. The molecule has 0 saturated heterocycles. The van der Waals surface area contributed by atoms with Crippen LogP contribution in [0.15, 0.2) is 0 Å². The largest absolute Gasteiger partial charge is 2.00 e. The third-order valence-corrected chi connectivity index (χ3v) is 4.25. The average Bonchev–Trinajstić information content (AvgIpc) is 1.51. The van der Waals surface area contributed by atoms with Crippen LogP contribution in [0.3, 0.4) is 0 Å². The van der Waals surface area contributed by atoms with Crippen LogP contribution < -0.4 is 8.32 Å². The van der Waals surface area contributed by atoms with Gasteiger partial charge in [0, 0.05) is 0 Å². The van der Waals surface area contributed by atoms with Crippen molar-refractivity contribution < 1.29 is 55.4 Å². The second-order valence-corrected chi connectivity index (χ2v) is 8.65. The van der Waals surface area contributed by atoms with Crippen LogP contribution in [0.25, 0.3) is 0 Å². The molecule has 0 spiro atoms. The molecule has 0 heterocycles. The van der Waals surface area contributed by atoms with Crippen molar-refractivity contribution in [3.05, 3.63) is 0 Å². The topological polar surface area (TPSA) is 195 Å². The van der Waals surface area contributed by atoms with Crippen molar-refractivity contribution in [2.45, 2.75) is 0 Å². The summed E-state index contributed by atoms with van der Waals surface area (Å²) in [5.41, 5.74) is 0. The zero-order valence-corrected chi connectivity index (χ0v) is 12.1. The first-order chi connectivity index (χ1) is 5.24. The monoisotopic (exact) mass is 467 g/mol. The van der Waals surface area contributed by atoms with E-state index in [2.05, 4.69) is 0 Å². The number of hydrogen-bond acceptors (Lipinski definition) is 9. The number of rotatable bonds is 1. The van der Waals surface area contributed by atoms with E-state index in [1.54, 1.807) is 0 Å². The van der Waals surface area contributed by atoms with E-state index in [0.29, 0.717) is 0 Å². The van der Waals surface area contributed by atoms with Crippen LogP contribution in [-0.2, 0) is 27.5 Å². The molecule has 0 aliphatic rings. The standard InChI is InChI=1S/BH3O3.Cr.HO3S.4O.Pb/c2-1(3)4;;1-4(2)3;;;;;/h2-4H;;(H,1,2,3);;;;;/q;;;;;2*-1;+2. The molecule has 14 heteroatoms. The summed E-state index contributed by atoms with van der Waals surface area (Å²) in [5.74, 6) is 0. The fourth-order valence-electron chi connectivity index (χ4n) is 0. The Morgan fingerprint density at radius 3 is 1.14 bits per heavy atom. The van der Waals surface area contributed by atoms with Crippen molar-refractivity contribution in [1.29, 1.82) is 0 Å². The van der Waals surface area contributed by atoms with Gasteiger partial charge in [0.15, 0.2) is 0 Å². The van der Waals surface area contributed by atoms with Crippen molar-refractivity contribution in [3.8, 4) is 0 Å². The molecule has 0 aromatic rings. The fraction of sp³-hybridized carbons (Fsp3) is 0. The summed E-state index contributed by atoms with van der Waals surface area (Å²) < 4.78 is 63.6. The quantitative estimate of drug-likeness (QED) is 0.214. The maximum absolute atomic E-state index is 9.36. The molecule has 0 bridgehead atoms. The van der Waals surface area contributed by atoms with E-state index in [-0.39, 0.29) is 27.3 Å². The molecule has 0 aromatic heterocycles. The molecule has 4 N–H and O–H groups in total. The van der Waals surface area contributed by atoms with Crippen LogP contribution in [0.1, 0.15) is 0 Å². The van der Waals surface area contributed by atoms with Gasteiger partial charge < -0.3 is 15.1 Å². The van der Waals surface area contributed by atoms with E-state index in [4.69, 9.17) is 19.6 Å². The van der Waals surface area contributed by atoms with Gasteiger partial charge in [0.25, 0.3) is 0 Å². The van der Waals surface area contributed by atoms with Gasteiger partial charge in [0.1, 0.15) is 0 Å². The van der Waals surface area contributed by atoms with Crippen LogP contribution in [0.2, 0.25) is 0 Å². The molecule has 0 saturated carbocycles. The average molecular weight is 466 g/mol. The summed E-state index contributed by atoms with van der Waals surface area (Å²) in [5, 5.41) is 21.5. The van der Waals surface area contributed by atoms with Crippen LogP contribution in [0.4, 0.5) is 0 Å². The molecular formula is H4BCrO10PbS.